The molecule has 0 bridgehead atoms. The van der Waals surface area contributed by atoms with Gasteiger partial charge in [-0.2, -0.15) is 0 Å². The highest BCUT2D eigenvalue weighted by Crippen LogP contribution is 2.36. The highest BCUT2D eigenvalue weighted by atomic mass is 35.5. The summed E-state index contributed by atoms with van der Waals surface area (Å²) < 4.78 is 3.93. The number of nitrogens with one attached hydrogen (secondary N) is 1. The second-order valence-corrected chi connectivity index (χ2v) is 9.67. The Balaban J connectivity index is 0.00000361. The average molecular weight is 514 g/mol. The van der Waals surface area contributed by atoms with E-state index in [1.54, 1.807) is 4.68 Å². The molecule has 36 heavy (non-hydrogen) atoms. The molecule has 1 amide bonds. The standard InChI is InChI=1S/C27H39N7O.ClH/c1-2-3-5-8-21-11-13-22(14-12-21)26(35)29-17-18-33-19-24(31-32-33)10-7-4-6-9-23-20-34(25-15-16-25)27(28)30-23;/h11-14,19-20,25H,2-10,15-18H2,1H3,(H2,28,30)(H,29,35);1H. The van der Waals surface area contributed by atoms with Gasteiger partial charge in [-0.05, 0) is 69.1 Å². The number of aromatic nitrogens is 5. The van der Waals surface area contributed by atoms with Crippen molar-refractivity contribution in [2.24, 2.45) is 0 Å². The van der Waals surface area contributed by atoms with Crippen LogP contribution >= 0.6 is 12.4 Å². The third-order valence-electron chi connectivity index (χ3n) is 6.61. The first-order chi connectivity index (χ1) is 17.1. The van der Waals surface area contributed by atoms with Gasteiger partial charge in [-0.1, -0.05) is 43.5 Å². The number of benzene rings is 1. The smallest absolute Gasteiger partial charge is 0.251 e. The van der Waals surface area contributed by atoms with Gasteiger partial charge in [0.1, 0.15) is 0 Å². The van der Waals surface area contributed by atoms with Crippen molar-refractivity contribution in [3.8, 4) is 0 Å². The topological polar surface area (TPSA) is 104 Å². The second kappa shape index (κ2) is 14.0. The van der Waals surface area contributed by atoms with Crippen LogP contribution in [0.2, 0.25) is 0 Å². The summed E-state index contributed by atoms with van der Waals surface area (Å²) in [5.74, 6) is 0.611. The van der Waals surface area contributed by atoms with Crippen LogP contribution in [0.5, 0.6) is 0 Å². The van der Waals surface area contributed by atoms with Crippen LogP contribution in [0.1, 0.15) is 91.6 Å². The Kier molecular flexibility index (Phi) is 10.8. The molecule has 4 rings (SSSR count). The van der Waals surface area contributed by atoms with Crippen LogP contribution in [0.25, 0.3) is 0 Å². The van der Waals surface area contributed by atoms with Crippen molar-refractivity contribution in [2.75, 3.05) is 12.3 Å². The number of nitrogens with two attached hydrogens (primary N) is 1. The van der Waals surface area contributed by atoms with E-state index in [0.29, 0.717) is 30.6 Å². The van der Waals surface area contributed by atoms with E-state index in [1.165, 1.54) is 37.7 Å². The highest BCUT2D eigenvalue weighted by Gasteiger charge is 2.25. The van der Waals surface area contributed by atoms with Gasteiger partial charge in [-0.25, -0.2) is 4.98 Å². The molecule has 0 unspecified atom stereocenters. The van der Waals surface area contributed by atoms with Gasteiger partial charge in [-0.3, -0.25) is 9.48 Å². The van der Waals surface area contributed by atoms with Gasteiger partial charge in [0, 0.05) is 30.5 Å². The molecule has 8 nitrogen and oxygen atoms in total. The summed E-state index contributed by atoms with van der Waals surface area (Å²) in [6, 6.07) is 8.53. The largest absolute Gasteiger partial charge is 0.369 e. The molecule has 1 aliphatic rings. The molecule has 196 valence electrons. The van der Waals surface area contributed by atoms with E-state index < -0.39 is 0 Å². The summed E-state index contributed by atoms with van der Waals surface area (Å²) in [7, 11) is 0. The van der Waals surface area contributed by atoms with Crippen molar-refractivity contribution in [2.45, 2.75) is 90.1 Å². The third kappa shape index (κ3) is 8.36. The number of carbonyl (C=O) groups excluding carboxylic acids is 1. The summed E-state index contributed by atoms with van der Waals surface area (Å²) >= 11 is 0. The number of carbonyl (C=O) groups is 1. The Morgan fingerprint density at radius 2 is 1.72 bits per heavy atom. The van der Waals surface area contributed by atoms with E-state index >= 15 is 0 Å². The van der Waals surface area contributed by atoms with Crippen LogP contribution in [0.3, 0.4) is 0 Å². The molecular formula is C27H40ClN7O. The molecule has 0 atom stereocenters. The Labute approximate surface area is 220 Å². The zero-order chi connectivity index (χ0) is 24.5. The zero-order valence-corrected chi connectivity index (χ0v) is 22.2. The van der Waals surface area contributed by atoms with Gasteiger partial charge in [0.15, 0.2) is 0 Å². The maximum atomic E-state index is 12.4. The number of anilines is 1. The number of nitrogen functional groups attached to an aromatic ring is 1. The number of aryl methyl sites for hydroxylation is 3. The van der Waals surface area contributed by atoms with Crippen LogP contribution in [-0.4, -0.2) is 37.0 Å². The van der Waals surface area contributed by atoms with E-state index in [9.17, 15) is 4.79 Å². The van der Waals surface area contributed by atoms with E-state index in [0.717, 1.165) is 49.9 Å². The lowest BCUT2D eigenvalue weighted by Gasteiger charge is -2.06. The minimum absolute atomic E-state index is 0. The Morgan fingerprint density at radius 1 is 1.00 bits per heavy atom. The van der Waals surface area contributed by atoms with Crippen molar-refractivity contribution in [3.63, 3.8) is 0 Å². The summed E-state index contributed by atoms with van der Waals surface area (Å²) in [5.41, 5.74) is 10.1. The minimum Gasteiger partial charge on any atom is -0.369 e. The fraction of sp³-hybridized carbons (Fsp3) is 0.556. The van der Waals surface area contributed by atoms with E-state index in [2.05, 4.69) is 50.4 Å². The second-order valence-electron chi connectivity index (χ2n) is 9.67. The van der Waals surface area contributed by atoms with E-state index in [-0.39, 0.29) is 18.3 Å². The Bertz CT molecular complexity index is 1070. The molecule has 1 aromatic carbocycles. The molecule has 1 fully saturated rings. The Morgan fingerprint density at radius 3 is 2.44 bits per heavy atom. The molecule has 0 saturated heterocycles. The molecule has 1 saturated carbocycles. The van der Waals surface area contributed by atoms with Crippen molar-refractivity contribution in [1.29, 1.82) is 0 Å². The van der Waals surface area contributed by atoms with E-state index in [4.69, 9.17) is 5.73 Å². The van der Waals surface area contributed by atoms with Crippen LogP contribution in [0, 0.1) is 0 Å². The van der Waals surface area contributed by atoms with Gasteiger partial charge >= 0.3 is 0 Å². The van der Waals surface area contributed by atoms with E-state index in [1.807, 2.05) is 18.3 Å². The molecule has 0 spiro atoms. The van der Waals surface area contributed by atoms with Crippen molar-refractivity contribution >= 4 is 24.3 Å². The van der Waals surface area contributed by atoms with Crippen molar-refractivity contribution in [3.05, 3.63) is 59.2 Å². The van der Waals surface area contributed by atoms with Gasteiger partial charge in [-0.15, -0.1) is 17.5 Å². The van der Waals surface area contributed by atoms with Gasteiger partial charge < -0.3 is 15.6 Å². The van der Waals surface area contributed by atoms with Gasteiger partial charge in [0.25, 0.3) is 5.91 Å². The molecule has 3 N–H and O–H groups in total. The van der Waals surface area contributed by atoms with Crippen LogP contribution in [-0.2, 0) is 25.8 Å². The number of imidazole rings is 1. The molecule has 9 heteroatoms. The van der Waals surface area contributed by atoms with Gasteiger partial charge in [0.05, 0.1) is 17.9 Å². The number of unbranched alkanes of at least 4 members (excludes halogenated alkanes) is 4. The number of amides is 1. The first kappa shape index (κ1) is 27.7. The summed E-state index contributed by atoms with van der Waals surface area (Å²) in [4.78, 5) is 16.9. The number of halogens is 1. The molecule has 1 aliphatic carbocycles. The SMILES string of the molecule is CCCCCc1ccc(C(=O)NCCn2cc(CCCCCc3cn(C4CC4)c(N)n3)nn2)cc1.Cl. The zero-order valence-electron chi connectivity index (χ0n) is 21.4. The normalized spacial score (nSPS) is 12.9. The van der Waals surface area contributed by atoms with Crippen LogP contribution in [0.15, 0.2) is 36.7 Å². The summed E-state index contributed by atoms with van der Waals surface area (Å²) in [5, 5.41) is 11.5. The maximum absolute atomic E-state index is 12.4. The predicted octanol–water partition coefficient (Wildman–Crippen LogP) is 4.93. The van der Waals surface area contributed by atoms with Crippen LogP contribution in [0.4, 0.5) is 5.95 Å². The van der Waals surface area contributed by atoms with Crippen LogP contribution < -0.4 is 11.1 Å². The minimum atomic E-state index is -0.0471. The number of hydrogen-bond donors (Lipinski definition) is 2. The maximum Gasteiger partial charge on any atom is 0.251 e. The number of rotatable bonds is 15. The van der Waals surface area contributed by atoms with Gasteiger partial charge in [0.2, 0.25) is 5.95 Å². The summed E-state index contributed by atoms with van der Waals surface area (Å²) in [6.45, 7) is 3.34. The molecule has 0 radical (unpaired) electrons. The average Bonchev–Trinajstić information content (AvgIpc) is 3.49. The number of hydrogen-bond acceptors (Lipinski definition) is 5. The first-order valence-electron chi connectivity index (χ1n) is 13.2. The predicted molar refractivity (Wildman–Crippen MR) is 145 cm³/mol. The molecule has 3 aromatic rings. The Hall–Kier alpha value is -2.87. The van der Waals surface area contributed by atoms with Crippen molar-refractivity contribution < 1.29 is 4.79 Å². The molecule has 2 heterocycles. The highest BCUT2D eigenvalue weighted by molar-refractivity contribution is 5.94. The lowest BCUT2D eigenvalue weighted by Crippen LogP contribution is -2.27. The quantitative estimate of drug-likeness (QED) is 0.280. The molecular weight excluding hydrogens is 474 g/mol. The number of nitrogens with zero attached hydrogens (tertiary/aromatic N) is 5. The third-order valence-corrected chi connectivity index (χ3v) is 6.61. The van der Waals surface area contributed by atoms with Crippen molar-refractivity contribution in [1.82, 2.24) is 29.9 Å². The fourth-order valence-electron chi connectivity index (χ4n) is 4.37. The summed E-state index contributed by atoms with van der Waals surface area (Å²) in [6.07, 6.45) is 16.5. The first-order valence-corrected chi connectivity index (χ1v) is 13.2. The lowest BCUT2D eigenvalue weighted by molar-refractivity contribution is 0.0952. The molecule has 0 aliphatic heterocycles. The fourth-order valence-corrected chi connectivity index (χ4v) is 4.37. The lowest BCUT2D eigenvalue weighted by atomic mass is 10.1. The molecule has 2 aromatic heterocycles. The monoisotopic (exact) mass is 513 g/mol.